The molecule has 0 spiro atoms. The Balaban J connectivity index is 2.40. The first-order chi connectivity index (χ1) is 9.43. The Morgan fingerprint density at radius 2 is 1.95 bits per heavy atom. The van der Waals surface area contributed by atoms with Gasteiger partial charge in [-0.05, 0) is 25.7 Å². The second-order valence-corrected chi connectivity index (χ2v) is 5.69. The molecule has 0 heterocycles. The van der Waals surface area contributed by atoms with Gasteiger partial charge in [0.15, 0.2) is 0 Å². The Morgan fingerprint density at radius 1 is 1.30 bits per heavy atom. The minimum absolute atomic E-state index is 0.0101. The van der Waals surface area contributed by atoms with Crippen molar-refractivity contribution in [1.82, 2.24) is 15.1 Å². The van der Waals surface area contributed by atoms with Crippen molar-refractivity contribution >= 4 is 11.8 Å². The topological polar surface area (TPSA) is 61.9 Å². The summed E-state index contributed by atoms with van der Waals surface area (Å²) in [5, 5.41) is 3.00. The minimum Gasteiger partial charge on any atom is -0.383 e. The van der Waals surface area contributed by atoms with E-state index in [4.69, 9.17) is 4.74 Å². The molecule has 6 heteroatoms. The molecule has 0 aromatic heterocycles. The van der Waals surface area contributed by atoms with Gasteiger partial charge < -0.3 is 15.0 Å². The van der Waals surface area contributed by atoms with E-state index in [-0.39, 0.29) is 30.9 Å². The van der Waals surface area contributed by atoms with Crippen LogP contribution in [0.1, 0.15) is 19.8 Å². The van der Waals surface area contributed by atoms with Gasteiger partial charge in [0.2, 0.25) is 11.8 Å². The zero-order valence-corrected chi connectivity index (χ0v) is 13.0. The maximum Gasteiger partial charge on any atom is 0.236 e. The van der Waals surface area contributed by atoms with Gasteiger partial charge in [0.05, 0.1) is 19.7 Å². The van der Waals surface area contributed by atoms with E-state index >= 15 is 0 Å². The first kappa shape index (κ1) is 16.9. The number of carbonyl (C=O) groups excluding carboxylic acids is 2. The largest absolute Gasteiger partial charge is 0.383 e. The van der Waals surface area contributed by atoms with Crippen molar-refractivity contribution in [1.29, 1.82) is 0 Å². The molecule has 0 aromatic carbocycles. The number of likely N-dealkylation sites (N-methyl/N-ethyl adjacent to an activating group) is 1. The van der Waals surface area contributed by atoms with Gasteiger partial charge in [0.1, 0.15) is 0 Å². The molecule has 6 nitrogen and oxygen atoms in total. The van der Waals surface area contributed by atoms with E-state index in [1.165, 1.54) is 17.7 Å². The van der Waals surface area contributed by atoms with Crippen LogP contribution < -0.4 is 5.32 Å². The first-order valence-corrected chi connectivity index (χ1v) is 7.14. The first-order valence-electron chi connectivity index (χ1n) is 7.14. The third-order valence-electron chi connectivity index (χ3n) is 3.55. The van der Waals surface area contributed by atoms with Crippen LogP contribution in [-0.2, 0) is 14.3 Å². The Kier molecular flexibility index (Phi) is 6.95. The lowest BCUT2D eigenvalue weighted by molar-refractivity contribution is -0.131. The van der Waals surface area contributed by atoms with Gasteiger partial charge in [-0.15, -0.1) is 0 Å². The highest BCUT2D eigenvalue weighted by Gasteiger charge is 2.29. The van der Waals surface area contributed by atoms with Gasteiger partial charge in [0.25, 0.3) is 0 Å². The fraction of sp³-hybridized carbons (Fsp3) is 0.857. The molecule has 0 aliphatic heterocycles. The Bertz CT molecular complexity index is 330. The predicted octanol–water partition coefficient (Wildman–Crippen LogP) is -0.0623. The molecule has 1 rings (SSSR count). The second kappa shape index (κ2) is 8.21. The summed E-state index contributed by atoms with van der Waals surface area (Å²) in [6, 6.07) is 0.233. The average Bonchev–Trinajstić information content (AvgIpc) is 3.19. The van der Waals surface area contributed by atoms with E-state index < -0.39 is 0 Å². The normalized spacial score (nSPS) is 16.1. The molecular weight excluding hydrogens is 258 g/mol. The minimum atomic E-state index is -0.0212. The molecule has 1 aliphatic rings. The van der Waals surface area contributed by atoms with Crippen LogP contribution in [0.25, 0.3) is 0 Å². The Hall–Kier alpha value is -1.14. The van der Waals surface area contributed by atoms with Gasteiger partial charge in [-0.25, -0.2) is 0 Å². The summed E-state index contributed by atoms with van der Waals surface area (Å²) >= 11 is 0. The fourth-order valence-corrected chi connectivity index (χ4v) is 1.98. The summed E-state index contributed by atoms with van der Waals surface area (Å²) < 4.78 is 5.03. The second-order valence-electron chi connectivity index (χ2n) is 5.69. The maximum absolute atomic E-state index is 12.0. The molecule has 116 valence electrons. The molecule has 1 saturated carbocycles. The number of rotatable bonds is 9. The highest BCUT2D eigenvalue weighted by molar-refractivity contribution is 5.81. The molecule has 0 bridgehead atoms. The number of amides is 2. The zero-order chi connectivity index (χ0) is 15.1. The van der Waals surface area contributed by atoms with E-state index in [2.05, 4.69) is 5.32 Å². The van der Waals surface area contributed by atoms with Gasteiger partial charge >= 0.3 is 0 Å². The predicted molar refractivity (Wildman–Crippen MR) is 77.3 cm³/mol. The third kappa shape index (κ3) is 6.34. The van der Waals surface area contributed by atoms with Crippen LogP contribution in [0.3, 0.4) is 0 Å². The molecule has 0 saturated heterocycles. The average molecular weight is 285 g/mol. The standard InChI is InChI=1S/C14H27N3O3/c1-11(12-5-6-12)15-13(18)9-17(7-8-20-4)10-14(19)16(2)3/h11-12H,5-10H2,1-4H3,(H,15,18). The van der Waals surface area contributed by atoms with Crippen molar-refractivity contribution in [3.8, 4) is 0 Å². The molecule has 2 amide bonds. The molecule has 1 unspecified atom stereocenters. The van der Waals surface area contributed by atoms with E-state index in [9.17, 15) is 9.59 Å². The van der Waals surface area contributed by atoms with E-state index in [1.807, 2.05) is 11.8 Å². The molecule has 1 atom stereocenters. The van der Waals surface area contributed by atoms with Gasteiger partial charge in [-0.2, -0.15) is 0 Å². The van der Waals surface area contributed by atoms with Gasteiger partial charge in [0, 0.05) is 33.8 Å². The molecule has 1 fully saturated rings. The van der Waals surface area contributed by atoms with E-state index in [1.54, 1.807) is 21.2 Å². The number of nitrogens with one attached hydrogen (secondary N) is 1. The number of hydrogen-bond donors (Lipinski definition) is 1. The van der Waals surface area contributed by atoms with Crippen molar-refractivity contribution in [2.75, 3.05) is 47.4 Å². The lowest BCUT2D eigenvalue weighted by atomic mass is 10.2. The smallest absolute Gasteiger partial charge is 0.236 e. The van der Waals surface area contributed by atoms with Crippen molar-refractivity contribution in [3.05, 3.63) is 0 Å². The molecule has 20 heavy (non-hydrogen) atoms. The quantitative estimate of drug-likeness (QED) is 0.644. The number of nitrogens with zero attached hydrogens (tertiary/aromatic N) is 2. The molecular formula is C14H27N3O3. The number of methoxy groups -OCH3 is 1. The summed E-state index contributed by atoms with van der Waals surface area (Å²) in [6.07, 6.45) is 2.40. The number of carbonyl (C=O) groups is 2. The van der Waals surface area contributed by atoms with Crippen molar-refractivity contribution < 1.29 is 14.3 Å². The third-order valence-corrected chi connectivity index (χ3v) is 3.55. The van der Waals surface area contributed by atoms with Crippen LogP contribution in [0.5, 0.6) is 0 Å². The summed E-state index contributed by atoms with van der Waals surface area (Å²) in [5.74, 6) is 0.603. The molecule has 1 aliphatic carbocycles. The van der Waals surface area contributed by atoms with Gasteiger partial charge in [-0.3, -0.25) is 14.5 Å². The van der Waals surface area contributed by atoms with Crippen molar-refractivity contribution in [2.45, 2.75) is 25.8 Å². The fourth-order valence-electron chi connectivity index (χ4n) is 1.98. The SMILES string of the molecule is COCCN(CC(=O)NC(C)C1CC1)CC(=O)N(C)C. The van der Waals surface area contributed by atoms with Crippen LogP contribution in [-0.4, -0.2) is 75.1 Å². The Morgan fingerprint density at radius 3 is 2.45 bits per heavy atom. The van der Waals surface area contributed by atoms with Crippen molar-refractivity contribution in [3.63, 3.8) is 0 Å². The van der Waals surface area contributed by atoms with Crippen LogP contribution in [0.2, 0.25) is 0 Å². The summed E-state index contributed by atoms with van der Waals surface area (Å²) in [4.78, 5) is 27.1. The van der Waals surface area contributed by atoms with Gasteiger partial charge in [-0.1, -0.05) is 0 Å². The van der Waals surface area contributed by atoms with E-state index in [0.29, 0.717) is 19.1 Å². The van der Waals surface area contributed by atoms with Crippen LogP contribution in [0.4, 0.5) is 0 Å². The Labute approximate surface area is 121 Å². The van der Waals surface area contributed by atoms with Crippen LogP contribution in [0, 0.1) is 5.92 Å². The summed E-state index contributed by atoms with van der Waals surface area (Å²) in [6.45, 7) is 3.59. The lowest BCUT2D eigenvalue weighted by Crippen LogP contribution is -2.46. The highest BCUT2D eigenvalue weighted by Crippen LogP contribution is 2.32. The zero-order valence-electron chi connectivity index (χ0n) is 13.0. The van der Waals surface area contributed by atoms with Crippen LogP contribution in [0.15, 0.2) is 0 Å². The summed E-state index contributed by atoms with van der Waals surface area (Å²) in [5.41, 5.74) is 0. The maximum atomic E-state index is 12.0. The van der Waals surface area contributed by atoms with Crippen LogP contribution >= 0.6 is 0 Å². The van der Waals surface area contributed by atoms with E-state index in [0.717, 1.165) is 0 Å². The molecule has 0 radical (unpaired) electrons. The highest BCUT2D eigenvalue weighted by atomic mass is 16.5. The molecule has 1 N–H and O–H groups in total. The number of ether oxygens (including phenoxy) is 1. The number of hydrogen-bond acceptors (Lipinski definition) is 4. The molecule has 0 aromatic rings. The summed E-state index contributed by atoms with van der Waals surface area (Å²) in [7, 11) is 5.04. The van der Waals surface area contributed by atoms with Crippen molar-refractivity contribution in [2.24, 2.45) is 5.92 Å². The lowest BCUT2D eigenvalue weighted by Gasteiger charge is -2.23. The monoisotopic (exact) mass is 285 g/mol.